The van der Waals surface area contributed by atoms with E-state index in [4.69, 9.17) is 10.7 Å². The fourth-order valence-corrected chi connectivity index (χ4v) is 2.74. The Balaban J connectivity index is 1.76. The van der Waals surface area contributed by atoms with Crippen LogP contribution in [-0.2, 0) is 4.84 Å². The fourth-order valence-electron chi connectivity index (χ4n) is 2.74. The molecule has 76 valence electrons. The second kappa shape index (κ2) is 4.40. The van der Waals surface area contributed by atoms with Gasteiger partial charge in [0.05, 0.1) is 6.61 Å². The summed E-state index contributed by atoms with van der Waals surface area (Å²) < 4.78 is 0. The van der Waals surface area contributed by atoms with E-state index >= 15 is 0 Å². The number of hydrogen-bond donors (Lipinski definition) is 1. The van der Waals surface area contributed by atoms with Gasteiger partial charge >= 0.3 is 0 Å². The van der Waals surface area contributed by atoms with Crippen molar-refractivity contribution in [1.82, 2.24) is 4.90 Å². The van der Waals surface area contributed by atoms with Crippen LogP contribution in [0, 0.1) is 5.92 Å². The van der Waals surface area contributed by atoms with E-state index in [1.54, 1.807) is 0 Å². The lowest BCUT2D eigenvalue weighted by Gasteiger charge is -2.23. The van der Waals surface area contributed by atoms with Crippen LogP contribution in [0.3, 0.4) is 0 Å². The van der Waals surface area contributed by atoms with E-state index in [0.717, 1.165) is 12.6 Å². The Morgan fingerprint density at radius 1 is 1.23 bits per heavy atom. The summed E-state index contributed by atoms with van der Waals surface area (Å²) in [7, 11) is 0. The third-order valence-electron chi connectivity index (χ3n) is 3.49. The summed E-state index contributed by atoms with van der Waals surface area (Å²) >= 11 is 0. The molecule has 13 heavy (non-hydrogen) atoms. The van der Waals surface area contributed by atoms with Crippen molar-refractivity contribution < 1.29 is 4.84 Å². The molecule has 2 aliphatic rings. The van der Waals surface area contributed by atoms with Crippen molar-refractivity contribution in [2.45, 2.75) is 38.1 Å². The van der Waals surface area contributed by atoms with Crippen LogP contribution in [0.1, 0.15) is 32.1 Å². The van der Waals surface area contributed by atoms with Gasteiger partial charge in [-0.1, -0.05) is 12.8 Å². The smallest absolute Gasteiger partial charge is 0.0720 e. The maximum Gasteiger partial charge on any atom is 0.0720 e. The third-order valence-corrected chi connectivity index (χ3v) is 3.49. The van der Waals surface area contributed by atoms with Crippen LogP contribution in [0.25, 0.3) is 0 Å². The van der Waals surface area contributed by atoms with Crippen molar-refractivity contribution in [3.05, 3.63) is 0 Å². The van der Waals surface area contributed by atoms with Crippen molar-refractivity contribution in [3.8, 4) is 0 Å². The molecule has 1 aliphatic carbocycles. The van der Waals surface area contributed by atoms with Crippen molar-refractivity contribution in [3.63, 3.8) is 0 Å². The SMILES string of the molecule is NOCC1CCN(C2CCCC2)C1. The van der Waals surface area contributed by atoms with Crippen molar-refractivity contribution in [2.24, 2.45) is 11.8 Å². The molecule has 1 saturated heterocycles. The summed E-state index contributed by atoms with van der Waals surface area (Å²) in [6, 6.07) is 0.878. The first-order valence-electron chi connectivity index (χ1n) is 5.46. The standard InChI is InChI=1S/C10H20N2O/c11-13-8-9-5-6-12(7-9)10-3-1-2-4-10/h9-10H,1-8,11H2. The van der Waals surface area contributed by atoms with Crippen molar-refractivity contribution >= 4 is 0 Å². The molecule has 1 heterocycles. The van der Waals surface area contributed by atoms with Gasteiger partial charge in [-0.2, -0.15) is 0 Å². The molecule has 1 unspecified atom stereocenters. The summed E-state index contributed by atoms with van der Waals surface area (Å²) in [5.41, 5.74) is 0. The number of rotatable bonds is 3. The molecule has 0 radical (unpaired) electrons. The van der Waals surface area contributed by atoms with Crippen LogP contribution in [0.2, 0.25) is 0 Å². The zero-order valence-electron chi connectivity index (χ0n) is 8.24. The van der Waals surface area contributed by atoms with Gasteiger partial charge in [-0.25, -0.2) is 5.90 Å². The lowest BCUT2D eigenvalue weighted by Crippen LogP contribution is -2.31. The van der Waals surface area contributed by atoms with E-state index < -0.39 is 0 Å². The van der Waals surface area contributed by atoms with E-state index in [1.165, 1.54) is 45.2 Å². The van der Waals surface area contributed by atoms with Crippen molar-refractivity contribution in [1.29, 1.82) is 0 Å². The van der Waals surface area contributed by atoms with Gasteiger partial charge in [-0.05, 0) is 31.7 Å². The number of likely N-dealkylation sites (tertiary alicyclic amines) is 1. The molecule has 2 rings (SSSR count). The Kier molecular flexibility index (Phi) is 3.19. The molecule has 1 saturated carbocycles. The quantitative estimate of drug-likeness (QED) is 0.668. The van der Waals surface area contributed by atoms with Crippen LogP contribution < -0.4 is 5.90 Å². The Morgan fingerprint density at radius 3 is 2.69 bits per heavy atom. The highest BCUT2D eigenvalue weighted by molar-refractivity contribution is 4.84. The molecule has 2 N–H and O–H groups in total. The molecule has 0 bridgehead atoms. The Bertz CT molecular complexity index is 157. The molecule has 0 aromatic carbocycles. The average Bonchev–Trinajstić information content (AvgIpc) is 2.70. The Hall–Kier alpha value is -0.120. The largest absolute Gasteiger partial charge is 0.304 e. The van der Waals surface area contributed by atoms with Gasteiger partial charge in [0, 0.05) is 12.6 Å². The molecule has 3 nitrogen and oxygen atoms in total. The summed E-state index contributed by atoms with van der Waals surface area (Å²) in [6.07, 6.45) is 6.96. The third kappa shape index (κ3) is 2.22. The van der Waals surface area contributed by atoms with E-state index in [1.807, 2.05) is 0 Å². The summed E-state index contributed by atoms with van der Waals surface area (Å²) in [6.45, 7) is 3.21. The van der Waals surface area contributed by atoms with Crippen LogP contribution >= 0.6 is 0 Å². The molecule has 0 amide bonds. The number of nitrogens with two attached hydrogens (primary N) is 1. The van der Waals surface area contributed by atoms with E-state index in [2.05, 4.69) is 4.90 Å². The lowest BCUT2D eigenvalue weighted by atomic mass is 10.1. The van der Waals surface area contributed by atoms with E-state index in [-0.39, 0.29) is 0 Å². The predicted octanol–water partition coefficient (Wildman–Crippen LogP) is 1.14. The van der Waals surface area contributed by atoms with Gasteiger partial charge in [0.1, 0.15) is 0 Å². The molecule has 1 aliphatic heterocycles. The first kappa shape index (κ1) is 9.44. The number of hydrogen-bond acceptors (Lipinski definition) is 3. The van der Waals surface area contributed by atoms with Gasteiger partial charge in [0.15, 0.2) is 0 Å². The van der Waals surface area contributed by atoms with Crippen LogP contribution in [-0.4, -0.2) is 30.6 Å². The fraction of sp³-hybridized carbons (Fsp3) is 1.00. The van der Waals surface area contributed by atoms with Gasteiger partial charge < -0.3 is 9.74 Å². The summed E-state index contributed by atoms with van der Waals surface area (Å²) in [4.78, 5) is 7.35. The minimum atomic E-state index is 0.686. The minimum absolute atomic E-state index is 0.686. The van der Waals surface area contributed by atoms with Gasteiger partial charge in [-0.15, -0.1) is 0 Å². The van der Waals surface area contributed by atoms with Gasteiger partial charge in [-0.3, -0.25) is 0 Å². The maximum atomic E-state index is 5.09. The monoisotopic (exact) mass is 184 g/mol. The van der Waals surface area contributed by atoms with E-state index in [0.29, 0.717) is 5.92 Å². The first-order valence-corrected chi connectivity index (χ1v) is 5.46. The molecular weight excluding hydrogens is 164 g/mol. The highest BCUT2D eigenvalue weighted by Crippen LogP contribution is 2.28. The van der Waals surface area contributed by atoms with Crippen LogP contribution in [0.5, 0.6) is 0 Å². The highest BCUT2D eigenvalue weighted by atomic mass is 16.6. The molecule has 1 atom stereocenters. The minimum Gasteiger partial charge on any atom is -0.304 e. The Labute approximate surface area is 80.2 Å². The lowest BCUT2D eigenvalue weighted by molar-refractivity contribution is 0.100. The summed E-state index contributed by atoms with van der Waals surface area (Å²) in [5, 5.41) is 0. The zero-order valence-corrected chi connectivity index (χ0v) is 8.24. The molecule has 3 heteroatoms. The molecule has 0 aromatic rings. The molecule has 0 aromatic heterocycles. The summed E-state index contributed by atoms with van der Waals surface area (Å²) in [5.74, 6) is 5.77. The Morgan fingerprint density at radius 2 is 2.00 bits per heavy atom. The average molecular weight is 184 g/mol. The molecule has 2 fully saturated rings. The van der Waals surface area contributed by atoms with Crippen LogP contribution in [0.15, 0.2) is 0 Å². The topological polar surface area (TPSA) is 38.5 Å². The molecular formula is C10H20N2O. The highest BCUT2D eigenvalue weighted by Gasteiger charge is 2.29. The molecule has 0 spiro atoms. The first-order chi connectivity index (χ1) is 6.40. The predicted molar refractivity (Wildman–Crippen MR) is 52.1 cm³/mol. The second-order valence-corrected chi connectivity index (χ2v) is 4.42. The number of nitrogens with zero attached hydrogens (tertiary/aromatic N) is 1. The second-order valence-electron chi connectivity index (χ2n) is 4.42. The van der Waals surface area contributed by atoms with Crippen molar-refractivity contribution in [2.75, 3.05) is 19.7 Å². The van der Waals surface area contributed by atoms with E-state index in [9.17, 15) is 0 Å². The normalized spacial score (nSPS) is 31.6. The maximum absolute atomic E-state index is 5.09. The van der Waals surface area contributed by atoms with Crippen LogP contribution in [0.4, 0.5) is 0 Å². The van der Waals surface area contributed by atoms with Gasteiger partial charge in [0.25, 0.3) is 0 Å². The van der Waals surface area contributed by atoms with Gasteiger partial charge in [0.2, 0.25) is 0 Å². The zero-order chi connectivity index (χ0) is 9.10.